The average Bonchev–Trinajstić information content (AvgIpc) is 3.26. The molecule has 0 aliphatic carbocycles. The number of nitrogens with one attached hydrogen (secondary N) is 1. The largest absolute Gasteiger partial charge is 0.301 e. The fourth-order valence-electron chi connectivity index (χ4n) is 2.38. The Hall–Kier alpha value is -2.29. The number of para-hydroxylation sites is 1. The van der Waals surface area contributed by atoms with Gasteiger partial charge in [-0.3, -0.25) is 4.79 Å². The van der Waals surface area contributed by atoms with Crippen LogP contribution in [0.4, 0.5) is 5.13 Å². The predicted molar refractivity (Wildman–Crippen MR) is 109 cm³/mol. The van der Waals surface area contributed by atoms with Crippen molar-refractivity contribution in [1.29, 1.82) is 0 Å². The van der Waals surface area contributed by atoms with Crippen LogP contribution in [-0.2, 0) is 4.79 Å². The van der Waals surface area contributed by atoms with E-state index in [0.29, 0.717) is 11.0 Å². The summed E-state index contributed by atoms with van der Waals surface area (Å²) in [5.74, 6) is 0.882. The number of carbonyl (C=O) groups is 1. The first-order valence-electron chi connectivity index (χ1n) is 7.86. The zero-order valence-electron chi connectivity index (χ0n) is 13.8. The number of aryl methyl sites for hydroxylation is 1. The molecule has 0 spiro atoms. The monoisotopic (exact) mass is 398 g/mol. The van der Waals surface area contributed by atoms with Gasteiger partial charge < -0.3 is 5.32 Å². The molecule has 2 heterocycles. The van der Waals surface area contributed by atoms with Gasteiger partial charge in [-0.05, 0) is 36.7 Å². The highest BCUT2D eigenvalue weighted by Crippen LogP contribution is 2.27. The zero-order chi connectivity index (χ0) is 17.9. The molecular weight excluding hydrogens is 384 g/mol. The number of carbonyl (C=O) groups excluding carboxylic acids is 1. The molecule has 0 atom stereocenters. The maximum Gasteiger partial charge on any atom is 0.236 e. The molecule has 2 aromatic carbocycles. The van der Waals surface area contributed by atoms with Crippen LogP contribution in [0.3, 0.4) is 0 Å². The first kappa shape index (κ1) is 17.1. The predicted octanol–water partition coefficient (Wildman–Crippen LogP) is 4.85. The molecule has 5 nitrogen and oxygen atoms in total. The number of rotatable bonds is 5. The Morgan fingerprint density at radius 2 is 2.04 bits per heavy atom. The lowest BCUT2D eigenvalue weighted by atomic mass is 10.1. The number of anilines is 1. The SMILES string of the molecule is Cc1cccc(-c2nsc(SCC(=O)Nc3nc4ccccc4s3)n2)c1. The third-order valence-electron chi connectivity index (χ3n) is 3.55. The van der Waals surface area contributed by atoms with Crippen LogP contribution in [0.5, 0.6) is 0 Å². The third kappa shape index (κ3) is 3.92. The first-order chi connectivity index (χ1) is 12.7. The summed E-state index contributed by atoms with van der Waals surface area (Å²) < 4.78 is 6.22. The van der Waals surface area contributed by atoms with E-state index in [1.54, 1.807) is 0 Å². The van der Waals surface area contributed by atoms with Crippen molar-refractivity contribution in [3.63, 3.8) is 0 Å². The Labute approximate surface area is 162 Å². The lowest BCUT2D eigenvalue weighted by molar-refractivity contribution is -0.113. The van der Waals surface area contributed by atoms with Gasteiger partial charge in [-0.1, -0.05) is 59.0 Å². The maximum absolute atomic E-state index is 12.2. The second-order valence-corrected chi connectivity index (χ2v) is 8.58. The van der Waals surface area contributed by atoms with Gasteiger partial charge in [-0.25, -0.2) is 9.97 Å². The van der Waals surface area contributed by atoms with Crippen LogP contribution in [0.15, 0.2) is 52.9 Å². The van der Waals surface area contributed by atoms with Crippen LogP contribution < -0.4 is 5.32 Å². The van der Waals surface area contributed by atoms with Gasteiger partial charge in [0.25, 0.3) is 0 Å². The van der Waals surface area contributed by atoms with Crippen LogP contribution in [0.1, 0.15) is 5.56 Å². The van der Waals surface area contributed by atoms with Crippen molar-refractivity contribution in [1.82, 2.24) is 14.3 Å². The minimum absolute atomic E-state index is 0.0960. The molecule has 0 saturated carbocycles. The highest BCUT2D eigenvalue weighted by atomic mass is 32.2. The summed E-state index contributed by atoms with van der Waals surface area (Å²) in [6, 6.07) is 15.9. The van der Waals surface area contributed by atoms with Gasteiger partial charge in [0.1, 0.15) is 0 Å². The van der Waals surface area contributed by atoms with E-state index in [1.165, 1.54) is 40.2 Å². The number of hydrogen-bond acceptors (Lipinski definition) is 7. The number of thioether (sulfide) groups is 1. The highest BCUT2D eigenvalue weighted by molar-refractivity contribution is 8.01. The first-order valence-corrected chi connectivity index (χ1v) is 10.4. The standard InChI is InChI=1S/C18H14N4OS3/c1-11-5-4-6-12(9-11)16-21-18(26-22-16)24-10-15(23)20-17-19-13-7-2-3-8-14(13)25-17/h2-9H,10H2,1H3,(H,19,20,23). The van der Waals surface area contributed by atoms with E-state index >= 15 is 0 Å². The molecule has 8 heteroatoms. The van der Waals surface area contributed by atoms with E-state index in [0.717, 1.165) is 20.1 Å². The van der Waals surface area contributed by atoms with E-state index in [2.05, 4.69) is 25.7 Å². The quantitative estimate of drug-likeness (QED) is 0.487. The number of hydrogen-bond donors (Lipinski definition) is 1. The molecule has 1 N–H and O–H groups in total. The Balaban J connectivity index is 1.37. The Morgan fingerprint density at radius 1 is 1.15 bits per heavy atom. The molecule has 130 valence electrons. The lowest BCUT2D eigenvalue weighted by Gasteiger charge is -1.99. The molecule has 2 aromatic heterocycles. The molecule has 26 heavy (non-hydrogen) atoms. The Morgan fingerprint density at radius 3 is 2.88 bits per heavy atom. The van der Waals surface area contributed by atoms with Crippen molar-refractivity contribution in [2.45, 2.75) is 11.3 Å². The lowest BCUT2D eigenvalue weighted by Crippen LogP contribution is -2.13. The third-order valence-corrected chi connectivity index (χ3v) is 6.34. The Bertz CT molecular complexity index is 1040. The van der Waals surface area contributed by atoms with E-state index in [-0.39, 0.29) is 11.7 Å². The molecule has 0 aliphatic heterocycles. The van der Waals surface area contributed by atoms with Gasteiger partial charge in [0.05, 0.1) is 16.0 Å². The molecule has 4 rings (SSSR count). The van der Waals surface area contributed by atoms with Crippen LogP contribution in [0.25, 0.3) is 21.6 Å². The molecular formula is C18H14N4OS3. The highest BCUT2D eigenvalue weighted by Gasteiger charge is 2.11. The number of thiazole rings is 1. The van der Waals surface area contributed by atoms with E-state index < -0.39 is 0 Å². The van der Waals surface area contributed by atoms with Crippen LogP contribution in [0, 0.1) is 6.92 Å². The normalized spacial score (nSPS) is 11.0. The number of amides is 1. The van der Waals surface area contributed by atoms with Crippen LogP contribution in [-0.4, -0.2) is 26.0 Å². The fourth-order valence-corrected chi connectivity index (χ4v) is 4.68. The van der Waals surface area contributed by atoms with E-state index in [9.17, 15) is 4.79 Å². The summed E-state index contributed by atoms with van der Waals surface area (Å²) in [6.45, 7) is 2.04. The summed E-state index contributed by atoms with van der Waals surface area (Å²) in [4.78, 5) is 21.1. The molecule has 4 aromatic rings. The summed E-state index contributed by atoms with van der Waals surface area (Å²) >= 11 is 4.17. The molecule has 0 unspecified atom stereocenters. The summed E-state index contributed by atoms with van der Waals surface area (Å²) in [5.41, 5.74) is 3.06. The molecule has 0 fully saturated rings. The van der Waals surface area contributed by atoms with Gasteiger partial charge in [0, 0.05) is 5.56 Å². The minimum Gasteiger partial charge on any atom is -0.301 e. The van der Waals surface area contributed by atoms with Crippen LogP contribution in [0.2, 0.25) is 0 Å². The van der Waals surface area contributed by atoms with Gasteiger partial charge in [-0.2, -0.15) is 4.37 Å². The fraction of sp³-hybridized carbons (Fsp3) is 0.111. The van der Waals surface area contributed by atoms with Crippen molar-refractivity contribution in [2.24, 2.45) is 0 Å². The summed E-state index contributed by atoms with van der Waals surface area (Å²) in [5, 5.41) is 3.47. The smallest absolute Gasteiger partial charge is 0.236 e. The second-order valence-electron chi connectivity index (χ2n) is 5.58. The minimum atomic E-state index is -0.0960. The molecule has 0 bridgehead atoms. The number of benzene rings is 2. The van der Waals surface area contributed by atoms with Gasteiger partial charge >= 0.3 is 0 Å². The second kappa shape index (κ2) is 7.53. The van der Waals surface area contributed by atoms with E-state index in [4.69, 9.17) is 0 Å². The maximum atomic E-state index is 12.2. The average molecular weight is 399 g/mol. The van der Waals surface area contributed by atoms with Crippen molar-refractivity contribution in [2.75, 3.05) is 11.1 Å². The molecule has 0 aliphatic rings. The van der Waals surface area contributed by atoms with Gasteiger partial charge in [-0.15, -0.1) is 0 Å². The van der Waals surface area contributed by atoms with Crippen molar-refractivity contribution < 1.29 is 4.79 Å². The summed E-state index contributed by atoms with van der Waals surface area (Å²) in [7, 11) is 0. The molecule has 0 radical (unpaired) electrons. The van der Waals surface area contributed by atoms with Crippen molar-refractivity contribution in [3.8, 4) is 11.4 Å². The molecule has 0 saturated heterocycles. The Kier molecular flexibility index (Phi) is 4.96. The number of fused-ring (bicyclic) bond motifs is 1. The topological polar surface area (TPSA) is 67.8 Å². The molecule has 1 amide bonds. The van der Waals surface area contributed by atoms with Gasteiger partial charge in [0.2, 0.25) is 5.91 Å². The van der Waals surface area contributed by atoms with Crippen molar-refractivity contribution >= 4 is 55.9 Å². The van der Waals surface area contributed by atoms with Gasteiger partial charge in [0.15, 0.2) is 15.3 Å². The van der Waals surface area contributed by atoms with Crippen LogP contribution >= 0.6 is 34.6 Å². The number of aromatic nitrogens is 3. The zero-order valence-corrected chi connectivity index (χ0v) is 16.3. The van der Waals surface area contributed by atoms with Crippen molar-refractivity contribution in [3.05, 3.63) is 54.1 Å². The van der Waals surface area contributed by atoms with E-state index in [1.807, 2.05) is 49.4 Å². The summed E-state index contributed by atoms with van der Waals surface area (Å²) in [6.07, 6.45) is 0. The number of nitrogens with zero attached hydrogens (tertiary/aromatic N) is 3.